The Morgan fingerprint density at radius 3 is 2.74 bits per heavy atom. The van der Waals surface area contributed by atoms with Gasteiger partial charge < -0.3 is 10.2 Å². The Morgan fingerprint density at radius 1 is 1.33 bits per heavy atom. The number of aromatic nitrogens is 2. The van der Waals surface area contributed by atoms with Crippen LogP contribution in [0.25, 0.3) is 0 Å². The molecule has 0 radical (unpaired) electrons. The molecule has 1 N–H and O–H groups in total. The van der Waals surface area contributed by atoms with Crippen LogP contribution >= 0.6 is 11.5 Å². The van der Waals surface area contributed by atoms with Crippen LogP contribution in [0.4, 0.5) is 4.39 Å². The maximum absolute atomic E-state index is 13.6. The monoisotopic (exact) mass is 390 g/mol. The van der Waals surface area contributed by atoms with E-state index in [2.05, 4.69) is 14.9 Å². The lowest BCUT2D eigenvalue weighted by Crippen LogP contribution is -2.43. The van der Waals surface area contributed by atoms with Gasteiger partial charge in [0.25, 0.3) is 5.91 Å². The number of halogens is 1. The first-order chi connectivity index (χ1) is 13.0. The fourth-order valence-electron chi connectivity index (χ4n) is 3.17. The third-order valence-corrected chi connectivity index (χ3v) is 5.70. The number of likely N-dealkylation sites (tertiary alicyclic amines) is 1. The molecule has 1 saturated heterocycles. The average molecular weight is 390 g/mol. The second kappa shape index (κ2) is 8.56. The normalized spacial score (nSPS) is 15.0. The van der Waals surface area contributed by atoms with Crippen LogP contribution in [0.5, 0.6) is 0 Å². The van der Waals surface area contributed by atoms with Crippen molar-refractivity contribution in [2.75, 3.05) is 13.1 Å². The van der Waals surface area contributed by atoms with Gasteiger partial charge in [0.15, 0.2) is 0 Å². The number of rotatable bonds is 5. The minimum absolute atomic E-state index is 0.0446. The van der Waals surface area contributed by atoms with Gasteiger partial charge in [-0.1, -0.05) is 23.5 Å². The molecule has 0 atom stereocenters. The second-order valence-electron chi connectivity index (χ2n) is 6.77. The first kappa shape index (κ1) is 19.4. The highest BCUT2D eigenvalue weighted by atomic mass is 32.1. The molecule has 1 aromatic heterocycles. The van der Waals surface area contributed by atoms with E-state index in [0.717, 1.165) is 22.8 Å². The number of carbonyl (C=O) groups excluding carboxylic acids is 2. The SMILES string of the molecule is CCc1nnsc1C(=O)N1CCC(C(=O)NCc2ccc(C)c(F)c2)CC1. The molecule has 2 heterocycles. The number of aryl methyl sites for hydroxylation is 2. The lowest BCUT2D eigenvalue weighted by atomic mass is 9.95. The van der Waals surface area contributed by atoms with E-state index >= 15 is 0 Å². The Kier molecular flexibility index (Phi) is 6.15. The van der Waals surface area contributed by atoms with Crippen LogP contribution in [0, 0.1) is 18.7 Å². The molecule has 0 unspecified atom stereocenters. The standard InChI is InChI=1S/C19H23FN4O2S/c1-3-16-17(27-23-22-16)19(26)24-8-6-14(7-9-24)18(25)21-11-13-5-4-12(2)15(20)10-13/h4-5,10,14H,3,6-9,11H2,1-2H3,(H,21,25). The van der Waals surface area contributed by atoms with E-state index in [-0.39, 0.29) is 23.5 Å². The van der Waals surface area contributed by atoms with Crippen LogP contribution in [0.2, 0.25) is 0 Å². The molecule has 6 nitrogen and oxygen atoms in total. The van der Waals surface area contributed by atoms with Gasteiger partial charge in [-0.15, -0.1) is 5.10 Å². The lowest BCUT2D eigenvalue weighted by molar-refractivity contribution is -0.126. The average Bonchev–Trinajstić information content (AvgIpc) is 3.17. The number of carbonyl (C=O) groups is 2. The van der Waals surface area contributed by atoms with Gasteiger partial charge in [0.05, 0.1) is 5.69 Å². The van der Waals surface area contributed by atoms with E-state index in [1.165, 1.54) is 6.07 Å². The van der Waals surface area contributed by atoms with Crippen LogP contribution in [0.3, 0.4) is 0 Å². The van der Waals surface area contributed by atoms with Crippen LogP contribution in [-0.4, -0.2) is 39.4 Å². The van der Waals surface area contributed by atoms with Crippen molar-refractivity contribution in [3.05, 3.63) is 45.7 Å². The van der Waals surface area contributed by atoms with Gasteiger partial charge in [0.1, 0.15) is 10.7 Å². The summed E-state index contributed by atoms with van der Waals surface area (Å²) in [6.45, 7) is 5.04. The predicted octanol–water partition coefficient (Wildman–Crippen LogP) is 2.72. The molecule has 8 heteroatoms. The van der Waals surface area contributed by atoms with Crippen molar-refractivity contribution >= 4 is 23.3 Å². The first-order valence-corrected chi connectivity index (χ1v) is 9.90. The maximum atomic E-state index is 13.6. The van der Waals surface area contributed by atoms with Crippen molar-refractivity contribution in [3.8, 4) is 0 Å². The molecule has 2 amide bonds. The van der Waals surface area contributed by atoms with Crippen LogP contribution in [-0.2, 0) is 17.8 Å². The Balaban J connectivity index is 1.50. The summed E-state index contributed by atoms with van der Waals surface area (Å²) in [4.78, 5) is 27.4. The summed E-state index contributed by atoms with van der Waals surface area (Å²) >= 11 is 1.13. The molecular formula is C19H23FN4O2S. The minimum Gasteiger partial charge on any atom is -0.352 e. The third kappa shape index (κ3) is 4.50. The molecule has 27 heavy (non-hydrogen) atoms. The second-order valence-corrected chi connectivity index (χ2v) is 7.52. The van der Waals surface area contributed by atoms with Gasteiger partial charge in [-0.2, -0.15) is 0 Å². The van der Waals surface area contributed by atoms with Crippen LogP contribution < -0.4 is 5.32 Å². The van der Waals surface area contributed by atoms with Gasteiger partial charge >= 0.3 is 0 Å². The minimum atomic E-state index is -0.266. The van der Waals surface area contributed by atoms with E-state index in [1.54, 1.807) is 17.9 Å². The number of benzene rings is 1. The molecule has 1 fully saturated rings. The third-order valence-electron chi connectivity index (χ3n) is 4.94. The largest absolute Gasteiger partial charge is 0.352 e. The highest BCUT2D eigenvalue weighted by molar-refractivity contribution is 7.08. The van der Waals surface area contributed by atoms with E-state index in [0.29, 0.717) is 49.3 Å². The fourth-order valence-corrected chi connectivity index (χ4v) is 3.89. The number of hydrogen-bond donors (Lipinski definition) is 1. The summed E-state index contributed by atoms with van der Waals surface area (Å²) in [5.41, 5.74) is 2.06. The Hall–Kier alpha value is -2.35. The zero-order chi connectivity index (χ0) is 19.4. The van der Waals surface area contributed by atoms with Gasteiger partial charge in [0.2, 0.25) is 5.91 Å². The van der Waals surface area contributed by atoms with E-state index in [9.17, 15) is 14.0 Å². The predicted molar refractivity (Wildman–Crippen MR) is 101 cm³/mol. The van der Waals surface area contributed by atoms with Crippen molar-refractivity contribution in [2.24, 2.45) is 5.92 Å². The van der Waals surface area contributed by atoms with Crippen LogP contribution in [0.1, 0.15) is 46.3 Å². The van der Waals surface area contributed by atoms with E-state index in [4.69, 9.17) is 0 Å². The summed E-state index contributed by atoms with van der Waals surface area (Å²) < 4.78 is 17.5. The molecule has 1 aliphatic heterocycles. The molecule has 0 bridgehead atoms. The quantitative estimate of drug-likeness (QED) is 0.852. The Bertz CT molecular complexity index is 831. The summed E-state index contributed by atoms with van der Waals surface area (Å²) in [7, 11) is 0. The summed E-state index contributed by atoms with van der Waals surface area (Å²) in [6.07, 6.45) is 1.91. The Morgan fingerprint density at radius 2 is 2.07 bits per heavy atom. The molecule has 0 saturated carbocycles. The number of amides is 2. The maximum Gasteiger partial charge on any atom is 0.267 e. The van der Waals surface area contributed by atoms with E-state index in [1.807, 2.05) is 13.0 Å². The fraction of sp³-hybridized carbons (Fsp3) is 0.474. The van der Waals surface area contributed by atoms with Crippen molar-refractivity contribution in [1.29, 1.82) is 0 Å². The number of piperidine rings is 1. The van der Waals surface area contributed by atoms with Crippen molar-refractivity contribution in [1.82, 2.24) is 19.8 Å². The van der Waals surface area contributed by atoms with Crippen molar-refractivity contribution in [3.63, 3.8) is 0 Å². The molecule has 0 aliphatic carbocycles. The van der Waals surface area contributed by atoms with Gasteiger partial charge in [0, 0.05) is 25.6 Å². The first-order valence-electron chi connectivity index (χ1n) is 9.12. The molecule has 0 spiro atoms. The summed E-state index contributed by atoms with van der Waals surface area (Å²) in [5.74, 6) is -0.486. The number of nitrogens with zero attached hydrogens (tertiary/aromatic N) is 3. The van der Waals surface area contributed by atoms with Crippen molar-refractivity contribution in [2.45, 2.75) is 39.7 Å². The van der Waals surface area contributed by atoms with Gasteiger partial charge in [-0.05, 0) is 54.9 Å². The molecule has 2 aromatic rings. The zero-order valence-corrected chi connectivity index (χ0v) is 16.3. The molecule has 1 aliphatic rings. The molecule has 3 rings (SSSR count). The lowest BCUT2D eigenvalue weighted by Gasteiger charge is -2.31. The topological polar surface area (TPSA) is 75.2 Å². The molecular weight excluding hydrogens is 367 g/mol. The van der Waals surface area contributed by atoms with E-state index < -0.39 is 0 Å². The molecule has 1 aromatic carbocycles. The highest BCUT2D eigenvalue weighted by Crippen LogP contribution is 2.22. The zero-order valence-electron chi connectivity index (χ0n) is 15.5. The molecule has 144 valence electrons. The van der Waals surface area contributed by atoms with Gasteiger partial charge in [-0.25, -0.2) is 4.39 Å². The highest BCUT2D eigenvalue weighted by Gasteiger charge is 2.29. The number of nitrogens with one attached hydrogen (secondary N) is 1. The summed E-state index contributed by atoms with van der Waals surface area (Å²) in [5, 5.41) is 6.87. The van der Waals surface area contributed by atoms with Crippen LogP contribution in [0.15, 0.2) is 18.2 Å². The smallest absolute Gasteiger partial charge is 0.267 e. The summed E-state index contributed by atoms with van der Waals surface area (Å²) in [6, 6.07) is 4.97. The Labute approximate surface area is 161 Å². The van der Waals surface area contributed by atoms with Crippen molar-refractivity contribution < 1.29 is 14.0 Å². The number of hydrogen-bond acceptors (Lipinski definition) is 5. The van der Waals surface area contributed by atoms with Gasteiger partial charge in [-0.3, -0.25) is 9.59 Å².